The Hall–Kier alpha value is -2.11. The fourth-order valence-electron chi connectivity index (χ4n) is 3.12. The highest BCUT2D eigenvalue weighted by atomic mass is 16.2. The molecular weight excluding hydrogens is 292 g/mol. The van der Waals surface area contributed by atoms with Gasteiger partial charge in [-0.25, -0.2) is 4.98 Å². The highest BCUT2D eigenvalue weighted by Gasteiger charge is 2.24. The zero-order chi connectivity index (χ0) is 16.1. The highest BCUT2D eigenvalue weighted by molar-refractivity contribution is 5.83. The summed E-state index contributed by atoms with van der Waals surface area (Å²) in [5.74, 6) is 0.944. The lowest BCUT2D eigenvalue weighted by Crippen LogP contribution is -2.42. The number of hydrogen-bond acceptors (Lipinski definition) is 4. The van der Waals surface area contributed by atoms with Crippen molar-refractivity contribution in [3.63, 3.8) is 0 Å². The number of nitrogens with zero attached hydrogens (tertiary/aromatic N) is 2. The van der Waals surface area contributed by atoms with Crippen LogP contribution in [-0.2, 0) is 16.1 Å². The van der Waals surface area contributed by atoms with Crippen molar-refractivity contribution >= 4 is 17.6 Å². The maximum absolute atomic E-state index is 12.1. The number of hydrogen-bond donors (Lipinski definition) is 2. The Morgan fingerprint density at radius 2 is 2.13 bits per heavy atom. The van der Waals surface area contributed by atoms with Crippen LogP contribution in [0.2, 0.25) is 0 Å². The van der Waals surface area contributed by atoms with E-state index in [0.717, 1.165) is 24.5 Å². The second kappa shape index (κ2) is 7.44. The third-order valence-corrected chi connectivity index (χ3v) is 4.59. The summed E-state index contributed by atoms with van der Waals surface area (Å²) >= 11 is 0. The predicted octanol–water partition coefficient (Wildman–Crippen LogP) is 1.21. The van der Waals surface area contributed by atoms with E-state index in [2.05, 4.69) is 20.5 Å². The van der Waals surface area contributed by atoms with Gasteiger partial charge in [-0.05, 0) is 37.3 Å². The van der Waals surface area contributed by atoms with Crippen molar-refractivity contribution < 1.29 is 9.59 Å². The first kappa shape index (κ1) is 15.8. The van der Waals surface area contributed by atoms with Gasteiger partial charge in [-0.3, -0.25) is 9.59 Å². The third-order valence-electron chi connectivity index (χ3n) is 4.59. The fraction of sp³-hybridized carbons (Fsp3) is 0.588. The van der Waals surface area contributed by atoms with E-state index >= 15 is 0 Å². The van der Waals surface area contributed by atoms with Crippen molar-refractivity contribution in [1.29, 1.82) is 0 Å². The molecule has 0 radical (unpaired) electrons. The SMILES string of the molecule is O=C1CC[C@@H](C(=O)NCc2ccc(N3CCCCC3)nc2)CN1. The first-order valence-electron chi connectivity index (χ1n) is 8.46. The molecule has 2 N–H and O–H groups in total. The van der Waals surface area contributed by atoms with Gasteiger partial charge in [0.2, 0.25) is 11.8 Å². The van der Waals surface area contributed by atoms with E-state index in [-0.39, 0.29) is 17.7 Å². The molecule has 6 heteroatoms. The largest absolute Gasteiger partial charge is 0.357 e. The van der Waals surface area contributed by atoms with Crippen LogP contribution in [0.25, 0.3) is 0 Å². The van der Waals surface area contributed by atoms with Gasteiger partial charge in [0.05, 0.1) is 5.92 Å². The van der Waals surface area contributed by atoms with Crippen LogP contribution in [0.15, 0.2) is 18.3 Å². The van der Waals surface area contributed by atoms with Crippen LogP contribution in [0.1, 0.15) is 37.7 Å². The van der Waals surface area contributed by atoms with Crippen molar-refractivity contribution in [2.75, 3.05) is 24.5 Å². The van der Waals surface area contributed by atoms with Crippen molar-refractivity contribution in [1.82, 2.24) is 15.6 Å². The lowest BCUT2D eigenvalue weighted by Gasteiger charge is -2.27. The molecule has 0 saturated carbocycles. The Kier molecular flexibility index (Phi) is 5.10. The molecule has 6 nitrogen and oxygen atoms in total. The van der Waals surface area contributed by atoms with E-state index in [1.807, 2.05) is 18.3 Å². The molecule has 1 aromatic heterocycles. The smallest absolute Gasteiger partial charge is 0.225 e. The summed E-state index contributed by atoms with van der Waals surface area (Å²) in [6.07, 6.45) is 6.68. The summed E-state index contributed by atoms with van der Waals surface area (Å²) in [7, 11) is 0. The topological polar surface area (TPSA) is 74.3 Å². The number of carbonyl (C=O) groups excluding carboxylic acids is 2. The van der Waals surface area contributed by atoms with Crippen LogP contribution in [0.4, 0.5) is 5.82 Å². The van der Waals surface area contributed by atoms with Crippen LogP contribution in [0, 0.1) is 5.92 Å². The minimum Gasteiger partial charge on any atom is -0.357 e. The second-order valence-corrected chi connectivity index (χ2v) is 6.33. The Morgan fingerprint density at radius 1 is 1.30 bits per heavy atom. The molecule has 0 unspecified atom stereocenters. The van der Waals surface area contributed by atoms with E-state index in [4.69, 9.17) is 0 Å². The van der Waals surface area contributed by atoms with Crippen LogP contribution < -0.4 is 15.5 Å². The number of nitrogens with one attached hydrogen (secondary N) is 2. The van der Waals surface area contributed by atoms with Crippen LogP contribution in [0.3, 0.4) is 0 Å². The fourth-order valence-corrected chi connectivity index (χ4v) is 3.12. The van der Waals surface area contributed by atoms with Gasteiger partial charge in [0.15, 0.2) is 0 Å². The first-order chi connectivity index (χ1) is 11.2. The molecule has 1 aromatic rings. The van der Waals surface area contributed by atoms with Gasteiger partial charge in [-0.15, -0.1) is 0 Å². The first-order valence-corrected chi connectivity index (χ1v) is 8.46. The molecule has 3 heterocycles. The summed E-state index contributed by atoms with van der Waals surface area (Å²) in [4.78, 5) is 30.1. The van der Waals surface area contributed by atoms with Gasteiger partial charge in [0.1, 0.15) is 5.82 Å². The van der Waals surface area contributed by atoms with E-state index in [1.165, 1.54) is 19.3 Å². The Labute approximate surface area is 136 Å². The zero-order valence-electron chi connectivity index (χ0n) is 13.4. The maximum atomic E-state index is 12.1. The molecule has 124 valence electrons. The van der Waals surface area contributed by atoms with Crippen molar-refractivity contribution in [3.8, 4) is 0 Å². The number of pyridine rings is 1. The third kappa shape index (κ3) is 4.21. The van der Waals surface area contributed by atoms with E-state index in [9.17, 15) is 9.59 Å². The van der Waals surface area contributed by atoms with Crippen LogP contribution >= 0.6 is 0 Å². The van der Waals surface area contributed by atoms with Gasteiger partial charge in [0, 0.05) is 38.8 Å². The highest BCUT2D eigenvalue weighted by Crippen LogP contribution is 2.17. The molecule has 2 aliphatic heterocycles. The number of aromatic nitrogens is 1. The van der Waals surface area contributed by atoms with Crippen molar-refractivity contribution in [3.05, 3.63) is 23.9 Å². The van der Waals surface area contributed by atoms with E-state index < -0.39 is 0 Å². The monoisotopic (exact) mass is 316 g/mol. The molecule has 1 atom stereocenters. The molecule has 2 fully saturated rings. The molecule has 0 bridgehead atoms. The number of carbonyl (C=O) groups is 2. The average Bonchev–Trinajstić information content (AvgIpc) is 2.61. The Bertz CT molecular complexity index is 542. The van der Waals surface area contributed by atoms with Crippen LogP contribution in [-0.4, -0.2) is 36.4 Å². The molecular formula is C17H24N4O2. The van der Waals surface area contributed by atoms with E-state index in [1.54, 1.807) is 0 Å². The summed E-state index contributed by atoms with van der Waals surface area (Å²) in [6, 6.07) is 4.06. The van der Waals surface area contributed by atoms with Crippen molar-refractivity contribution in [2.24, 2.45) is 5.92 Å². The lowest BCUT2D eigenvalue weighted by atomic mass is 9.98. The van der Waals surface area contributed by atoms with Gasteiger partial charge >= 0.3 is 0 Å². The van der Waals surface area contributed by atoms with Gasteiger partial charge < -0.3 is 15.5 Å². The Morgan fingerprint density at radius 3 is 2.78 bits per heavy atom. The van der Waals surface area contributed by atoms with Gasteiger partial charge in [-0.2, -0.15) is 0 Å². The Balaban J connectivity index is 1.48. The summed E-state index contributed by atoms with van der Waals surface area (Å²) in [5, 5.41) is 5.68. The molecule has 3 rings (SSSR count). The normalized spacial score (nSPS) is 21.7. The van der Waals surface area contributed by atoms with Crippen LogP contribution in [0.5, 0.6) is 0 Å². The molecule has 2 aliphatic rings. The molecule has 23 heavy (non-hydrogen) atoms. The summed E-state index contributed by atoms with van der Waals surface area (Å²) < 4.78 is 0. The maximum Gasteiger partial charge on any atom is 0.225 e. The minimum atomic E-state index is -0.117. The average molecular weight is 316 g/mol. The summed E-state index contributed by atoms with van der Waals surface area (Å²) in [6.45, 7) is 3.08. The van der Waals surface area contributed by atoms with E-state index in [0.29, 0.717) is 25.9 Å². The zero-order valence-corrected chi connectivity index (χ0v) is 13.4. The number of anilines is 1. The van der Waals surface area contributed by atoms with Gasteiger partial charge in [-0.1, -0.05) is 6.07 Å². The predicted molar refractivity (Wildman–Crippen MR) is 87.9 cm³/mol. The lowest BCUT2D eigenvalue weighted by molar-refractivity contribution is -0.129. The van der Waals surface area contributed by atoms with Crippen molar-refractivity contribution in [2.45, 2.75) is 38.6 Å². The molecule has 0 aliphatic carbocycles. The van der Waals surface area contributed by atoms with Gasteiger partial charge in [0.25, 0.3) is 0 Å². The number of rotatable bonds is 4. The molecule has 0 aromatic carbocycles. The standard InChI is InChI=1S/C17H24N4O2/c22-16-7-5-14(12-19-16)17(23)20-11-13-4-6-15(18-10-13)21-8-2-1-3-9-21/h4,6,10,14H,1-3,5,7-9,11-12H2,(H,19,22)(H,20,23)/t14-/m1/s1. The number of piperidine rings is 2. The molecule has 2 saturated heterocycles. The summed E-state index contributed by atoms with van der Waals surface area (Å²) in [5.41, 5.74) is 0.999. The second-order valence-electron chi connectivity index (χ2n) is 6.33. The quantitative estimate of drug-likeness (QED) is 0.876. The molecule has 2 amide bonds. The number of amides is 2. The molecule has 0 spiro atoms. The minimum absolute atomic E-state index is 0.00473.